The summed E-state index contributed by atoms with van der Waals surface area (Å²) in [5.74, 6) is -0.567. The molecule has 0 atom stereocenters. The number of carbonyl (C=O) groups excluding carboxylic acids is 1. The molecule has 0 unspecified atom stereocenters. The van der Waals surface area contributed by atoms with Gasteiger partial charge in [-0.1, -0.05) is 38.1 Å². The molecule has 4 heteroatoms. The van der Waals surface area contributed by atoms with Gasteiger partial charge in [-0.15, -0.1) is 0 Å². The first-order valence-electron chi connectivity index (χ1n) is 6.54. The third-order valence-corrected chi connectivity index (χ3v) is 3.12. The maximum Gasteiger partial charge on any atom is 0.254 e. The molecule has 0 saturated carbocycles. The summed E-state index contributed by atoms with van der Waals surface area (Å²) in [4.78, 5) is 15.5. The average molecular weight is 272 g/mol. The van der Waals surface area contributed by atoms with Crippen LogP contribution in [0.2, 0.25) is 0 Å². The average Bonchev–Trinajstić information content (AvgIpc) is 2.45. The number of aromatic nitrogens is 1. The fraction of sp³-hybridized carbons (Fsp3) is 0.250. The second kappa shape index (κ2) is 6.28. The third kappa shape index (κ3) is 3.41. The Morgan fingerprint density at radius 3 is 2.55 bits per heavy atom. The lowest BCUT2D eigenvalue weighted by atomic mass is 10.0. The molecule has 0 aliphatic rings. The first kappa shape index (κ1) is 14.2. The number of halogens is 1. The van der Waals surface area contributed by atoms with Gasteiger partial charge in [0.15, 0.2) is 5.82 Å². The molecular formula is C16H17FN2O. The number of hydrogen-bond acceptors (Lipinski definition) is 2. The van der Waals surface area contributed by atoms with Crippen molar-refractivity contribution in [1.82, 2.24) is 10.3 Å². The Balaban J connectivity index is 1.98. The molecule has 1 aromatic heterocycles. The summed E-state index contributed by atoms with van der Waals surface area (Å²) in [6, 6.07) is 9.39. The van der Waals surface area contributed by atoms with Gasteiger partial charge in [0.05, 0.1) is 11.8 Å². The molecule has 2 rings (SSSR count). The van der Waals surface area contributed by atoms with E-state index in [9.17, 15) is 9.18 Å². The summed E-state index contributed by atoms with van der Waals surface area (Å²) in [6.07, 6.45) is 2.43. The van der Waals surface area contributed by atoms with Gasteiger partial charge in [-0.2, -0.15) is 0 Å². The standard InChI is InChI=1S/C16H17FN2O/c1-11(2)13-5-3-12(4-6-13)9-19-16(20)14-7-8-18-10-15(14)17/h3-8,10-11H,9H2,1-2H3,(H,19,20). The van der Waals surface area contributed by atoms with Gasteiger partial charge in [-0.05, 0) is 23.1 Å². The van der Waals surface area contributed by atoms with Crippen LogP contribution in [0, 0.1) is 5.82 Å². The van der Waals surface area contributed by atoms with Gasteiger partial charge in [0, 0.05) is 12.7 Å². The number of rotatable bonds is 4. The molecule has 2 aromatic rings. The first-order valence-corrected chi connectivity index (χ1v) is 6.54. The van der Waals surface area contributed by atoms with E-state index in [-0.39, 0.29) is 5.56 Å². The molecule has 104 valence electrons. The molecule has 0 spiro atoms. The normalized spacial score (nSPS) is 10.6. The minimum absolute atomic E-state index is 0.0128. The number of nitrogens with zero attached hydrogens (tertiary/aromatic N) is 1. The van der Waals surface area contributed by atoms with Crippen LogP contribution in [0.15, 0.2) is 42.7 Å². The zero-order chi connectivity index (χ0) is 14.5. The lowest BCUT2D eigenvalue weighted by Gasteiger charge is -2.08. The summed E-state index contributed by atoms with van der Waals surface area (Å²) in [7, 11) is 0. The molecule has 1 aromatic carbocycles. The van der Waals surface area contributed by atoms with E-state index in [2.05, 4.69) is 24.1 Å². The molecule has 0 saturated heterocycles. The van der Waals surface area contributed by atoms with Gasteiger partial charge in [-0.25, -0.2) is 4.39 Å². The van der Waals surface area contributed by atoms with Crippen molar-refractivity contribution in [2.24, 2.45) is 0 Å². The Labute approximate surface area is 117 Å². The summed E-state index contributed by atoms with van der Waals surface area (Å²) in [5, 5.41) is 2.70. The van der Waals surface area contributed by atoms with Crippen molar-refractivity contribution in [2.45, 2.75) is 26.3 Å². The largest absolute Gasteiger partial charge is 0.348 e. The fourth-order valence-electron chi connectivity index (χ4n) is 1.86. The number of carbonyl (C=O) groups is 1. The van der Waals surface area contributed by atoms with E-state index in [1.807, 2.05) is 24.3 Å². The predicted octanol–water partition coefficient (Wildman–Crippen LogP) is 3.27. The smallest absolute Gasteiger partial charge is 0.254 e. The highest BCUT2D eigenvalue weighted by Crippen LogP contribution is 2.14. The van der Waals surface area contributed by atoms with E-state index in [0.717, 1.165) is 11.8 Å². The molecule has 3 nitrogen and oxygen atoms in total. The third-order valence-electron chi connectivity index (χ3n) is 3.12. The van der Waals surface area contributed by atoms with Crippen molar-refractivity contribution in [3.8, 4) is 0 Å². The Hall–Kier alpha value is -2.23. The van der Waals surface area contributed by atoms with Crippen molar-refractivity contribution < 1.29 is 9.18 Å². The van der Waals surface area contributed by atoms with E-state index in [1.54, 1.807) is 0 Å². The van der Waals surface area contributed by atoms with E-state index >= 15 is 0 Å². The van der Waals surface area contributed by atoms with Crippen LogP contribution < -0.4 is 5.32 Å². The van der Waals surface area contributed by atoms with Gasteiger partial charge < -0.3 is 5.32 Å². The summed E-state index contributed by atoms with van der Waals surface area (Å²) in [6.45, 7) is 4.63. The van der Waals surface area contributed by atoms with Gasteiger partial charge in [0.2, 0.25) is 0 Å². The Morgan fingerprint density at radius 1 is 1.25 bits per heavy atom. The van der Waals surface area contributed by atoms with Crippen molar-refractivity contribution >= 4 is 5.91 Å². The molecule has 1 heterocycles. The van der Waals surface area contributed by atoms with E-state index in [1.165, 1.54) is 17.8 Å². The van der Waals surface area contributed by atoms with Crippen LogP contribution in [0.3, 0.4) is 0 Å². The van der Waals surface area contributed by atoms with E-state index in [0.29, 0.717) is 12.5 Å². The Morgan fingerprint density at radius 2 is 1.95 bits per heavy atom. The zero-order valence-corrected chi connectivity index (χ0v) is 11.6. The van der Waals surface area contributed by atoms with Crippen LogP contribution >= 0.6 is 0 Å². The minimum atomic E-state index is -0.611. The highest BCUT2D eigenvalue weighted by Gasteiger charge is 2.10. The van der Waals surface area contributed by atoms with Crippen LogP contribution in [0.5, 0.6) is 0 Å². The van der Waals surface area contributed by atoms with Gasteiger partial charge in [-0.3, -0.25) is 9.78 Å². The van der Waals surface area contributed by atoms with Crippen molar-refractivity contribution in [3.05, 3.63) is 65.2 Å². The van der Waals surface area contributed by atoms with Crippen LogP contribution in [0.25, 0.3) is 0 Å². The van der Waals surface area contributed by atoms with E-state index < -0.39 is 11.7 Å². The van der Waals surface area contributed by atoms with Gasteiger partial charge in [0.1, 0.15) is 0 Å². The SMILES string of the molecule is CC(C)c1ccc(CNC(=O)c2ccncc2F)cc1. The van der Waals surface area contributed by atoms with Gasteiger partial charge >= 0.3 is 0 Å². The molecule has 0 aliphatic carbocycles. The zero-order valence-electron chi connectivity index (χ0n) is 11.6. The molecule has 20 heavy (non-hydrogen) atoms. The molecule has 0 fully saturated rings. The minimum Gasteiger partial charge on any atom is -0.348 e. The van der Waals surface area contributed by atoms with Crippen LogP contribution in [0.4, 0.5) is 4.39 Å². The number of hydrogen-bond donors (Lipinski definition) is 1. The second-order valence-electron chi connectivity index (χ2n) is 4.93. The first-order chi connectivity index (χ1) is 9.58. The maximum atomic E-state index is 13.4. The molecule has 0 bridgehead atoms. The number of benzene rings is 1. The maximum absolute atomic E-state index is 13.4. The van der Waals surface area contributed by atoms with Crippen LogP contribution in [-0.4, -0.2) is 10.9 Å². The highest BCUT2D eigenvalue weighted by molar-refractivity contribution is 5.94. The summed E-state index contributed by atoms with van der Waals surface area (Å²) >= 11 is 0. The van der Waals surface area contributed by atoms with Gasteiger partial charge in [0.25, 0.3) is 5.91 Å². The highest BCUT2D eigenvalue weighted by atomic mass is 19.1. The molecule has 1 amide bonds. The quantitative estimate of drug-likeness (QED) is 0.928. The Bertz CT molecular complexity index is 594. The predicted molar refractivity (Wildman–Crippen MR) is 75.9 cm³/mol. The number of pyridine rings is 1. The lowest BCUT2D eigenvalue weighted by molar-refractivity contribution is 0.0946. The monoisotopic (exact) mass is 272 g/mol. The van der Waals surface area contributed by atoms with Crippen molar-refractivity contribution in [3.63, 3.8) is 0 Å². The molecular weight excluding hydrogens is 255 g/mol. The molecule has 0 aliphatic heterocycles. The molecule has 1 N–H and O–H groups in total. The van der Waals surface area contributed by atoms with E-state index in [4.69, 9.17) is 0 Å². The summed E-state index contributed by atoms with van der Waals surface area (Å²) in [5.41, 5.74) is 2.25. The second-order valence-corrected chi connectivity index (χ2v) is 4.93. The van der Waals surface area contributed by atoms with Crippen molar-refractivity contribution in [2.75, 3.05) is 0 Å². The van der Waals surface area contributed by atoms with Crippen LogP contribution in [0.1, 0.15) is 41.3 Å². The fourth-order valence-corrected chi connectivity index (χ4v) is 1.86. The molecule has 0 radical (unpaired) electrons. The Kier molecular flexibility index (Phi) is 4.45. The number of amides is 1. The topological polar surface area (TPSA) is 42.0 Å². The lowest BCUT2D eigenvalue weighted by Crippen LogP contribution is -2.23. The van der Waals surface area contributed by atoms with Crippen molar-refractivity contribution in [1.29, 1.82) is 0 Å². The van der Waals surface area contributed by atoms with Crippen LogP contribution in [-0.2, 0) is 6.54 Å². The summed E-state index contributed by atoms with van der Waals surface area (Å²) < 4.78 is 13.4. The number of nitrogens with one attached hydrogen (secondary N) is 1.